The second-order valence-electron chi connectivity index (χ2n) is 6.01. The van der Waals surface area contributed by atoms with Crippen molar-refractivity contribution in [2.75, 3.05) is 18.4 Å². The molecule has 0 aromatic heterocycles. The van der Waals surface area contributed by atoms with Crippen LogP contribution in [0.25, 0.3) is 0 Å². The molecule has 1 aliphatic heterocycles. The van der Waals surface area contributed by atoms with Gasteiger partial charge in [-0.05, 0) is 50.5 Å². The summed E-state index contributed by atoms with van der Waals surface area (Å²) < 4.78 is 31.4. The summed E-state index contributed by atoms with van der Waals surface area (Å²) in [7, 11) is -3.48. The lowest BCUT2D eigenvalue weighted by Crippen LogP contribution is -2.29. The molecule has 0 saturated carbocycles. The van der Waals surface area contributed by atoms with Gasteiger partial charge >= 0.3 is 5.97 Å². The summed E-state index contributed by atoms with van der Waals surface area (Å²) >= 11 is 0. The first kappa shape index (κ1) is 20.1. The highest BCUT2D eigenvalue weighted by Gasteiger charge is 2.27. The minimum atomic E-state index is -3.48. The highest BCUT2D eigenvalue weighted by molar-refractivity contribution is 7.89. The molecule has 7 nitrogen and oxygen atoms in total. The molecule has 1 heterocycles. The van der Waals surface area contributed by atoms with Gasteiger partial charge in [0, 0.05) is 24.9 Å². The monoisotopic (exact) mass is 380 g/mol. The average molecular weight is 380 g/mol. The molecule has 8 heteroatoms. The van der Waals surface area contributed by atoms with E-state index in [9.17, 15) is 18.0 Å². The fourth-order valence-electron chi connectivity index (χ4n) is 2.51. The molecule has 1 atom stereocenters. The van der Waals surface area contributed by atoms with Crippen molar-refractivity contribution in [3.05, 3.63) is 36.4 Å². The molecule has 1 N–H and O–H groups in total. The summed E-state index contributed by atoms with van der Waals surface area (Å²) in [5, 5.41) is 2.60. The molecule has 142 valence electrons. The lowest BCUT2D eigenvalue weighted by Gasteiger charge is -2.16. The molecule has 26 heavy (non-hydrogen) atoms. The number of ether oxygens (including phenoxy) is 1. The first-order valence-corrected chi connectivity index (χ1v) is 10.1. The predicted octanol–water partition coefficient (Wildman–Crippen LogP) is 2.31. The Hall–Kier alpha value is -2.19. The van der Waals surface area contributed by atoms with E-state index in [0.29, 0.717) is 25.2 Å². The number of sulfonamides is 1. The molecule has 1 aromatic rings. The van der Waals surface area contributed by atoms with E-state index in [1.165, 1.54) is 41.6 Å². The van der Waals surface area contributed by atoms with Gasteiger partial charge in [0.1, 0.15) is 0 Å². The normalized spacial score (nSPS) is 16.5. The lowest BCUT2D eigenvalue weighted by molar-refractivity contribution is -0.148. The van der Waals surface area contributed by atoms with Crippen LogP contribution in [0.15, 0.2) is 41.3 Å². The van der Waals surface area contributed by atoms with Crippen LogP contribution in [-0.4, -0.2) is 43.8 Å². The number of hydrogen-bond acceptors (Lipinski definition) is 5. The molecule has 1 amide bonds. The largest absolute Gasteiger partial charge is 0.449 e. The summed E-state index contributed by atoms with van der Waals surface area (Å²) in [6, 6.07) is 5.96. The third-order valence-corrected chi connectivity index (χ3v) is 5.89. The molecule has 2 rings (SSSR count). The SMILES string of the molecule is CC/C=C/C(=O)O[C@H](C)C(=O)Nc1ccc(S(=O)(=O)N2CCCC2)cc1. The van der Waals surface area contributed by atoms with Gasteiger partial charge in [-0.1, -0.05) is 13.0 Å². The molecular formula is C18H24N2O5S. The zero-order valence-corrected chi connectivity index (χ0v) is 15.8. The van der Waals surface area contributed by atoms with Crippen molar-refractivity contribution >= 4 is 27.6 Å². The summed E-state index contributed by atoms with van der Waals surface area (Å²) in [5.41, 5.74) is 0.433. The number of nitrogens with zero attached hydrogens (tertiary/aromatic N) is 1. The van der Waals surface area contributed by atoms with Gasteiger partial charge in [0.15, 0.2) is 6.10 Å². The molecule has 1 aromatic carbocycles. The number of benzene rings is 1. The number of carbonyl (C=O) groups excluding carboxylic acids is 2. The molecule has 1 fully saturated rings. The fourth-order valence-corrected chi connectivity index (χ4v) is 4.03. The van der Waals surface area contributed by atoms with Crippen LogP contribution in [0.5, 0.6) is 0 Å². The van der Waals surface area contributed by atoms with Gasteiger partial charge < -0.3 is 10.1 Å². The molecule has 1 saturated heterocycles. The number of allylic oxidation sites excluding steroid dienone is 1. The van der Waals surface area contributed by atoms with Crippen LogP contribution in [0, 0.1) is 0 Å². The zero-order valence-electron chi connectivity index (χ0n) is 15.0. The van der Waals surface area contributed by atoms with Crippen LogP contribution < -0.4 is 5.32 Å². The average Bonchev–Trinajstić information content (AvgIpc) is 3.16. The van der Waals surface area contributed by atoms with Gasteiger partial charge in [0.25, 0.3) is 5.91 Å². The van der Waals surface area contributed by atoms with Crippen LogP contribution in [0.3, 0.4) is 0 Å². The second-order valence-corrected chi connectivity index (χ2v) is 7.95. The van der Waals surface area contributed by atoms with E-state index in [-0.39, 0.29) is 4.90 Å². The number of esters is 1. The maximum absolute atomic E-state index is 12.5. The van der Waals surface area contributed by atoms with Gasteiger partial charge in [-0.2, -0.15) is 4.31 Å². The second kappa shape index (κ2) is 8.95. The maximum Gasteiger partial charge on any atom is 0.331 e. The van der Waals surface area contributed by atoms with Crippen molar-refractivity contribution in [2.24, 2.45) is 0 Å². The minimum absolute atomic E-state index is 0.196. The number of anilines is 1. The Bertz CT molecular complexity index is 765. The quantitative estimate of drug-likeness (QED) is 0.579. The Kier molecular flexibility index (Phi) is 6.93. The zero-order chi connectivity index (χ0) is 19.2. The molecule has 0 bridgehead atoms. The standard InChI is InChI=1S/C18H24N2O5S/c1-3-4-7-17(21)25-14(2)18(22)19-15-8-10-16(11-9-15)26(23,24)20-12-5-6-13-20/h4,7-11,14H,3,5-6,12-13H2,1-2H3,(H,19,22)/b7-4+/t14-/m1/s1. The number of rotatable bonds is 7. The Labute approximate surface area is 154 Å². The van der Waals surface area contributed by atoms with Crippen LogP contribution in [0.1, 0.15) is 33.1 Å². The van der Waals surface area contributed by atoms with Crippen LogP contribution >= 0.6 is 0 Å². The highest BCUT2D eigenvalue weighted by Crippen LogP contribution is 2.22. The molecule has 0 aliphatic carbocycles. The Morgan fingerprint density at radius 1 is 1.23 bits per heavy atom. The molecule has 0 radical (unpaired) electrons. The number of amides is 1. The van der Waals surface area contributed by atoms with E-state index in [1.54, 1.807) is 6.08 Å². The first-order chi connectivity index (χ1) is 12.3. The number of hydrogen-bond donors (Lipinski definition) is 1. The Morgan fingerprint density at radius 3 is 2.42 bits per heavy atom. The minimum Gasteiger partial charge on any atom is -0.449 e. The van der Waals surface area contributed by atoms with Gasteiger partial charge in [0.05, 0.1) is 4.90 Å². The van der Waals surface area contributed by atoms with E-state index in [1.807, 2.05) is 6.92 Å². The van der Waals surface area contributed by atoms with Gasteiger partial charge in [0.2, 0.25) is 10.0 Å². The molecule has 0 spiro atoms. The van der Waals surface area contributed by atoms with Crippen molar-refractivity contribution < 1.29 is 22.7 Å². The highest BCUT2D eigenvalue weighted by atomic mass is 32.2. The molecular weight excluding hydrogens is 356 g/mol. The predicted molar refractivity (Wildman–Crippen MR) is 98.0 cm³/mol. The first-order valence-electron chi connectivity index (χ1n) is 8.63. The smallest absolute Gasteiger partial charge is 0.331 e. The maximum atomic E-state index is 12.5. The van der Waals surface area contributed by atoms with E-state index >= 15 is 0 Å². The lowest BCUT2D eigenvalue weighted by atomic mass is 10.3. The van der Waals surface area contributed by atoms with E-state index in [0.717, 1.165) is 12.8 Å². The van der Waals surface area contributed by atoms with Crippen molar-refractivity contribution in [3.63, 3.8) is 0 Å². The fraction of sp³-hybridized carbons (Fsp3) is 0.444. The van der Waals surface area contributed by atoms with Crippen molar-refractivity contribution in [1.29, 1.82) is 0 Å². The summed E-state index contributed by atoms with van der Waals surface area (Å²) in [4.78, 5) is 23.8. The molecule has 0 unspecified atom stereocenters. The van der Waals surface area contributed by atoms with Gasteiger partial charge in [-0.3, -0.25) is 4.79 Å². The van der Waals surface area contributed by atoms with E-state index in [4.69, 9.17) is 4.74 Å². The van der Waals surface area contributed by atoms with E-state index < -0.39 is 28.0 Å². The van der Waals surface area contributed by atoms with Crippen molar-refractivity contribution in [2.45, 2.75) is 44.1 Å². The van der Waals surface area contributed by atoms with Crippen molar-refractivity contribution in [3.8, 4) is 0 Å². The number of nitrogens with one attached hydrogen (secondary N) is 1. The summed E-state index contributed by atoms with van der Waals surface area (Å²) in [6.07, 6.45) is 4.41. The summed E-state index contributed by atoms with van der Waals surface area (Å²) in [6.45, 7) is 4.43. The molecule has 1 aliphatic rings. The van der Waals surface area contributed by atoms with Gasteiger partial charge in [-0.25, -0.2) is 13.2 Å². The van der Waals surface area contributed by atoms with Crippen LogP contribution in [-0.2, 0) is 24.3 Å². The Balaban J connectivity index is 1.97. The number of carbonyl (C=O) groups is 2. The summed E-state index contributed by atoms with van der Waals surface area (Å²) in [5.74, 6) is -1.07. The topological polar surface area (TPSA) is 92.8 Å². The van der Waals surface area contributed by atoms with Gasteiger partial charge in [-0.15, -0.1) is 0 Å². The Morgan fingerprint density at radius 2 is 1.85 bits per heavy atom. The van der Waals surface area contributed by atoms with E-state index in [2.05, 4.69) is 5.32 Å². The van der Waals surface area contributed by atoms with Crippen molar-refractivity contribution in [1.82, 2.24) is 4.31 Å². The van der Waals surface area contributed by atoms with Crippen LogP contribution in [0.4, 0.5) is 5.69 Å². The third kappa shape index (κ3) is 5.15. The third-order valence-electron chi connectivity index (χ3n) is 3.98. The van der Waals surface area contributed by atoms with Crippen LogP contribution in [0.2, 0.25) is 0 Å².